The monoisotopic (exact) mass is 234 g/mol. The highest BCUT2D eigenvalue weighted by atomic mass is 32.1. The second-order valence-corrected chi connectivity index (χ2v) is 4.03. The Balaban J connectivity index is 1.93. The number of amides is 2. The summed E-state index contributed by atoms with van der Waals surface area (Å²) in [5, 5.41) is 6.42. The van der Waals surface area contributed by atoms with Gasteiger partial charge < -0.3 is 4.90 Å². The van der Waals surface area contributed by atoms with Gasteiger partial charge >= 0.3 is 6.03 Å². The average molecular weight is 234 g/mol. The van der Waals surface area contributed by atoms with Crippen LogP contribution in [0.1, 0.15) is 6.42 Å². The number of hydrogen-bond donors (Lipinski definition) is 1. The second kappa shape index (κ2) is 3.69. The lowest BCUT2D eigenvalue weighted by molar-refractivity contribution is 0.0159. The first-order valence-electron chi connectivity index (χ1n) is 4.28. The van der Waals surface area contributed by atoms with Crippen LogP contribution < -0.4 is 5.32 Å². The third-order valence-electron chi connectivity index (χ3n) is 2.05. The normalized spacial score (nSPS) is 19.2. The quantitative estimate of drug-likeness (QED) is 0.799. The zero-order valence-corrected chi connectivity index (χ0v) is 8.43. The maximum absolute atomic E-state index is 12.8. The Morgan fingerprint density at radius 2 is 2.47 bits per heavy atom. The highest BCUT2D eigenvalue weighted by molar-refractivity contribution is 7.10. The van der Waals surface area contributed by atoms with E-state index in [1.165, 1.54) is 6.20 Å². The Morgan fingerprint density at radius 1 is 1.67 bits per heavy atom. The van der Waals surface area contributed by atoms with Crippen LogP contribution in [0.2, 0.25) is 0 Å². The van der Waals surface area contributed by atoms with Crippen molar-refractivity contribution in [1.29, 1.82) is 0 Å². The van der Waals surface area contributed by atoms with Crippen molar-refractivity contribution >= 4 is 22.6 Å². The largest absolute Gasteiger partial charge is 0.322 e. The molecule has 0 atom stereocenters. The smallest absolute Gasteiger partial charge is 0.318 e. The summed E-state index contributed by atoms with van der Waals surface area (Å²) in [6.45, 7) is -0.448. The molecular formula is C7H8F2N4OS. The van der Waals surface area contributed by atoms with Gasteiger partial charge in [-0.2, -0.15) is 0 Å². The molecule has 1 aromatic rings. The summed E-state index contributed by atoms with van der Waals surface area (Å²) in [7, 11) is 0. The lowest BCUT2D eigenvalue weighted by Gasteiger charge is -2.15. The van der Waals surface area contributed by atoms with Crippen molar-refractivity contribution in [1.82, 2.24) is 14.5 Å². The van der Waals surface area contributed by atoms with Gasteiger partial charge in [-0.1, -0.05) is 4.49 Å². The molecule has 15 heavy (non-hydrogen) atoms. The van der Waals surface area contributed by atoms with E-state index in [9.17, 15) is 13.6 Å². The molecule has 82 valence electrons. The lowest BCUT2D eigenvalue weighted by atomic mass is 10.3. The molecular weight excluding hydrogens is 226 g/mol. The van der Waals surface area contributed by atoms with Crippen molar-refractivity contribution in [3.05, 3.63) is 6.20 Å². The minimum atomic E-state index is -2.76. The van der Waals surface area contributed by atoms with E-state index in [1.807, 2.05) is 0 Å². The maximum atomic E-state index is 12.8. The molecule has 0 aliphatic carbocycles. The molecule has 5 nitrogen and oxygen atoms in total. The number of nitrogens with one attached hydrogen (secondary N) is 1. The van der Waals surface area contributed by atoms with Gasteiger partial charge in [0.1, 0.15) is 5.00 Å². The highest BCUT2D eigenvalue weighted by Gasteiger charge is 2.40. The van der Waals surface area contributed by atoms with Gasteiger partial charge in [-0.05, 0) is 0 Å². The van der Waals surface area contributed by atoms with Gasteiger partial charge in [0.25, 0.3) is 5.92 Å². The van der Waals surface area contributed by atoms with Crippen LogP contribution in [0, 0.1) is 0 Å². The molecule has 0 saturated carbocycles. The topological polar surface area (TPSA) is 58.1 Å². The summed E-state index contributed by atoms with van der Waals surface area (Å²) < 4.78 is 29.1. The van der Waals surface area contributed by atoms with Gasteiger partial charge in [-0.25, -0.2) is 13.6 Å². The van der Waals surface area contributed by atoms with Crippen molar-refractivity contribution in [3.63, 3.8) is 0 Å². The molecule has 1 N–H and O–H groups in total. The SMILES string of the molecule is O=C(Nc1cnns1)N1CCC(F)(F)C1. The first kappa shape index (κ1) is 10.2. The molecule has 1 fully saturated rings. The molecule has 2 heterocycles. The van der Waals surface area contributed by atoms with Crippen LogP contribution in [0.15, 0.2) is 6.20 Å². The standard InChI is InChI=1S/C7H8F2N4OS/c8-7(9)1-2-13(4-7)6(14)11-5-3-10-12-15-5/h3H,1-2,4H2,(H,11,14). The first-order valence-corrected chi connectivity index (χ1v) is 5.05. The molecule has 0 spiro atoms. The third kappa shape index (κ3) is 2.38. The summed E-state index contributed by atoms with van der Waals surface area (Å²) in [4.78, 5) is 12.5. The Morgan fingerprint density at radius 3 is 3.00 bits per heavy atom. The average Bonchev–Trinajstić information content (AvgIpc) is 2.74. The number of carbonyl (C=O) groups is 1. The van der Waals surface area contributed by atoms with E-state index >= 15 is 0 Å². The van der Waals surface area contributed by atoms with Crippen LogP contribution in [0.5, 0.6) is 0 Å². The molecule has 1 aromatic heterocycles. The van der Waals surface area contributed by atoms with E-state index < -0.39 is 18.5 Å². The number of urea groups is 1. The number of nitrogens with zero attached hydrogens (tertiary/aromatic N) is 3. The van der Waals surface area contributed by atoms with Crippen molar-refractivity contribution in [2.45, 2.75) is 12.3 Å². The Hall–Kier alpha value is -1.31. The molecule has 0 radical (unpaired) electrons. The number of hydrogen-bond acceptors (Lipinski definition) is 4. The first-order chi connectivity index (χ1) is 7.07. The zero-order valence-electron chi connectivity index (χ0n) is 7.61. The summed E-state index contributed by atoms with van der Waals surface area (Å²) >= 11 is 1.00. The van der Waals surface area contributed by atoms with Crippen molar-refractivity contribution in [2.24, 2.45) is 0 Å². The molecule has 2 amide bonds. The number of rotatable bonds is 1. The molecule has 1 saturated heterocycles. The minimum absolute atomic E-state index is 0.0745. The summed E-state index contributed by atoms with van der Waals surface area (Å²) in [6, 6.07) is -0.529. The van der Waals surface area contributed by atoms with E-state index in [1.54, 1.807) is 0 Å². The lowest BCUT2D eigenvalue weighted by Crippen LogP contribution is -2.34. The van der Waals surface area contributed by atoms with Crippen molar-refractivity contribution in [3.8, 4) is 0 Å². The summed E-state index contributed by atoms with van der Waals surface area (Å²) in [5.41, 5.74) is 0. The molecule has 1 aliphatic heterocycles. The molecule has 0 unspecified atom stereocenters. The second-order valence-electron chi connectivity index (χ2n) is 3.24. The molecule has 0 bridgehead atoms. The summed E-state index contributed by atoms with van der Waals surface area (Å²) in [6.07, 6.45) is 1.10. The van der Waals surface area contributed by atoms with Gasteiger partial charge in [0.2, 0.25) is 0 Å². The van der Waals surface area contributed by atoms with E-state index in [-0.39, 0.29) is 13.0 Å². The fourth-order valence-electron chi connectivity index (χ4n) is 1.32. The number of likely N-dealkylation sites (tertiary alicyclic amines) is 1. The van der Waals surface area contributed by atoms with Crippen LogP contribution in [0.4, 0.5) is 18.6 Å². The van der Waals surface area contributed by atoms with Crippen LogP contribution in [-0.2, 0) is 0 Å². The number of halogens is 2. The van der Waals surface area contributed by atoms with Gasteiger partial charge in [0.15, 0.2) is 0 Å². The summed E-state index contributed by atoms with van der Waals surface area (Å²) in [5.74, 6) is -2.76. The van der Waals surface area contributed by atoms with Gasteiger partial charge in [-0.15, -0.1) is 5.10 Å². The van der Waals surface area contributed by atoms with Gasteiger partial charge in [-0.3, -0.25) is 5.32 Å². The predicted octanol–water partition coefficient (Wildman–Crippen LogP) is 1.41. The van der Waals surface area contributed by atoms with E-state index in [2.05, 4.69) is 14.9 Å². The van der Waals surface area contributed by atoms with E-state index in [4.69, 9.17) is 0 Å². The Kier molecular flexibility index (Phi) is 2.51. The fourth-order valence-corrected chi connectivity index (χ4v) is 1.73. The number of anilines is 1. The molecule has 0 aromatic carbocycles. The third-order valence-corrected chi connectivity index (χ3v) is 2.63. The fraction of sp³-hybridized carbons (Fsp3) is 0.571. The highest BCUT2D eigenvalue weighted by Crippen LogP contribution is 2.27. The molecule has 8 heteroatoms. The number of alkyl halides is 2. The molecule has 2 rings (SSSR count). The van der Waals surface area contributed by atoms with Crippen molar-refractivity contribution in [2.75, 3.05) is 18.4 Å². The van der Waals surface area contributed by atoms with Crippen molar-refractivity contribution < 1.29 is 13.6 Å². The van der Waals surface area contributed by atoms with Gasteiger partial charge in [0, 0.05) is 24.5 Å². The van der Waals surface area contributed by atoms with Crippen LogP contribution in [0.25, 0.3) is 0 Å². The Labute approximate surface area is 88.2 Å². The van der Waals surface area contributed by atoms with Crippen LogP contribution in [0.3, 0.4) is 0 Å². The van der Waals surface area contributed by atoms with Crippen LogP contribution >= 0.6 is 11.5 Å². The predicted molar refractivity (Wildman–Crippen MR) is 50.1 cm³/mol. The molecule has 1 aliphatic rings. The Bertz CT molecular complexity index is 356. The van der Waals surface area contributed by atoms with E-state index in [0.717, 1.165) is 16.4 Å². The van der Waals surface area contributed by atoms with E-state index in [0.29, 0.717) is 5.00 Å². The number of aromatic nitrogens is 2. The minimum Gasteiger partial charge on any atom is -0.318 e. The zero-order chi connectivity index (χ0) is 10.9. The maximum Gasteiger partial charge on any atom is 0.322 e. The number of carbonyl (C=O) groups excluding carboxylic acids is 1. The van der Waals surface area contributed by atoms with Crippen LogP contribution in [-0.4, -0.2) is 39.5 Å². The van der Waals surface area contributed by atoms with Gasteiger partial charge in [0.05, 0.1) is 12.7 Å².